The maximum atomic E-state index is 13.8. The largest absolute Gasteiger partial charge is 0.297 e. The van der Waals surface area contributed by atoms with Gasteiger partial charge in [0.05, 0.1) is 6.07 Å². The van der Waals surface area contributed by atoms with Gasteiger partial charge in [0.15, 0.2) is 5.78 Å². The van der Waals surface area contributed by atoms with Gasteiger partial charge in [-0.25, -0.2) is 8.78 Å². The quantitative estimate of drug-likeness (QED) is 0.825. The van der Waals surface area contributed by atoms with Crippen LogP contribution in [0.5, 0.6) is 0 Å². The van der Waals surface area contributed by atoms with Gasteiger partial charge in [-0.1, -0.05) is 26.3 Å². The van der Waals surface area contributed by atoms with E-state index >= 15 is 0 Å². The minimum absolute atomic E-state index is 0.0118. The van der Waals surface area contributed by atoms with Gasteiger partial charge in [-0.3, -0.25) is 4.79 Å². The zero-order valence-electron chi connectivity index (χ0n) is 11.7. The third kappa shape index (κ3) is 2.45. The zero-order chi connectivity index (χ0) is 15.0. The molecule has 0 saturated heterocycles. The molecule has 2 nitrogen and oxygen atoms in total. The van der Waals surface area contributed by atoms with Crippen molar-refractivity contribution in [3.05, 3.63) is 35.4 Å². The topological polar surface area (TPSA) is 40.9 Å². The Balaban J connectivity index is 2.38. The SMILES string of the molecule is CC1(C)CCCC(C#N)(Cc2ccc(F)cc2F)C1=O. The molecule has 1 atom stereocenters. The number of Topliss-reactive ketones (excluding diaryl/α,β-unsaturated/α-hetero) is 1. The van der Waals surface area contributed by atoms with E-state index in [0.29, 0.717) is 6.42 Å². The number of hydrogen-bond acceptors (Lipinski definition) is 2. The predicted molar refractivity (Wildman–Crippen MR) is 70.7 cm³/mol. The van der Waals surface area contributed by atoms with E-state index in [1.165, 1.54) is 6.07 Å². The first kappa shape index (κ1) is 14.6. The molecule has 0 heterocycles. The third-order valence-corrected chi connectivity index (χ3v) is 4.18. The van der Waals surface area contributed by atoms with Crippen molar-refractivity contribution in [3.63, 3.8) is 0 Å². The molecule has 1 aromatic rings. The number of carbonyl (C=O) groups excluding carboxylic acids is 1. The molecule has 0 radical (unpaired) electrons. The average molecular weight is 277 g/mol. The summed E-state index contributed by atoms with van der Waals surface area (Å²) in [7, 11) is 0. The lowest BCUT2D eigenvalue weighted by molar-refractivity contribution is -0.138. The molecule has 20 heavy (non-hydrogen) atoms. The van der Waals surface area contributed by atoms with Crippen LogP contribution in [0.4, 0.5) is 8.78 Å². The van der Waals surface area contributed by atoms with E-state index in [1.54, 1.807) is 0 Å². The standard InChI is InChI=1S/C16H17F2NO/c1-15(2)6-3-7-16(10-19,14(15)20)9-11-4-5-12(17)8-13(11)18/h4-5,8H,3,6-7,9H2,1-2H3. The summed E-state index contributed by atoms with van der Waals surface area (Å²) in [6.07, 6.45) is 1.94. The van der Waals surface area contributed by atoms with Crippen molar-refractivity contribution in [3.8, 4) is 6.07 Å². The maximum Gasteiger partial charge on any atom is 0.158 e. The molecule has 1 fully saturated rings. The number of halogens is 2. The van der Waals surface area contributed by atoms with Crippen LogP contribution in [-0.4, -0.2) is 5.78 Å². The molecule has 2 rings (SSSR count). The minimum Gasteiger partial charge on any atom is -0.297 e. The van der Waals surface area contributed by atoms with E-state index in [4.69, 9.17) is 0 Å². The maximum absolute atomic E-state index is 13.8. The lowest BCUT2D eigenvalue weighted by atomic mass is 9.61. The Morgan fingerprint density at radius 1 is 1.30 bits per heavy atom. The van der Waals surface area contributed by atoms with Gasteiger partial charge in [0.1, 0.15) is 17.0 Å². The van der Waals surface area contributed by atoms with Crippen molar-refractivity contribution in [1.82, 2.24) is 0 Å². The molecule has 1 aromatic carbocycles. The fraction of sp³-hybridized carbons (Fsp3) is 0.500. The summed E-state index contributed by atoms with van der Waals surface area (Å²) >= 11 is 0. The summed E-state index contributed by atoms with van der Waals surface area (Å²) in [5.41, 5.74) is -1.54. The number of benzene rings is 1. The lowest BCUT2D eigenvalue weighted by Gasteiger charge is -2.39. The zero-order valence-corrected chi connectivity index (χ0v) is 11.7. The number of carbonyl (C=O) groups is 1. The number of nitriles is 1. The number of nitrogens with zero attached hydrogens (tertiary/aromatic N) is 1. The monoisotopic (exact) mass is 277 g/mol. The van der Waals surface area contributed by atoms with Crippen LogP contribution >= 0.6 is 0 Å². The summed E-state index contributed by atoms with van der Waals surface area (Å²) in [6, 6.07) is 5.37. The van der Waals surface area contributed by atoms with E-state index in [9.17, 15) is 18.8 Å². The molecule has 1 unspecified atom stereocenters. The van der Waals surface area contributed by atoms with Crippen molar-refractivity contribution in [2.45, 2.75) is 39.5 Å². The lowest BCUT2D eigenvalue weighted by Crippen LogP contribution is -2.45. The smallest absolute Gasteiger partial charge is 0.158 e. The van der Waals surface area contributed by atoms with Gasteiger partial charge >= 0.3 is 0 Å². The normalized spacial score (nSPS) is 25.2. The van der Waals surface area contributed by atoms with Crippen molar-refractivity contribution in [2.24, 2.45) is 10.8 Å². The van der Waals surface area contributed by atoms with Gasteiger partial charge in [-0.15, -0.1) is 0 Å². The van der Waals surface area contributed by atoms with Crippen LogP contribution < -0.4 is 0 Å². The van der Waals surface area contributed by atoms with E-state index in [0.717, 1.165) is 25.0 Å². The van der Waals surface area contributed by atoms with Gasteiger partial charge in [-0.2, -0.15) is 5.26 Å². The van der Waals surface area contributed by atoms with Gasteiger partial charge < -0.3 is 0 Å². The Morgan fingerprint density at radius 3 is 2.60 bits per heavy atom. The highest BCUT2D eigenvalue weighted by Crippen LogP contribution is 2.44. The van der Waals surface area contributed by atoms with Gasteiger partial charge in [0.2, 0.25) is 0 Å². The number of rotatable bonds is 2. The molecular formula is C16H17F2NO. The molecule has 0 aromatic heterocycles. The molecule has 106 valence electrons. The summed E-state index contributed by atoms with van der Waals surface area (Å²) in [4.78, 5) is 12.6. The van der Waals surface area contributed by atoms with Crippen LogP contribution in [0.25, 0.3) is 0 Å². The van der Waals surface area contributed by atoms with Crippen molar-refractivity contribution in [1.29, 1.82) is 5.26 Å². The van der Waals surface area contributed by atoms with Crippen molar-refractivity contribution >= 4 is 5.78 Å². The van der Waals surface area contributed by atoms with E-state index in [1.807, 2.05) is 13.8 Å². The molecule has 0 bridgehead atoms. The summed E-state index contributed by atoms with van der Waals surface area (Å²) in [5, 5.41) is 9.48. The Bertz CT molecular complexity index is 589. The van der Waals surface area contributed by atoms with Gasteiger partial charge in [0.25, 0.3) is 0 Å². The number of ketones is 1. The molecule has 0 amide bonds. The Labute approximate surface area is 117 Å². The van der Waals surface area contributed by atoms with Gasteiger partial charge in [-0.05, 0) is 24.5 Å². The highest BCUT2D eigenvalue weighted by molar-refractivity contribution is 5.93. The molecule has 1 aliphatic carbocycles. The fourth-order valence-corrected chi connectivity index (χ4v) is 3.01. The predicted octanol–water partition coefficient (Wildman–Crippen LogP) is 3.80. The van der Waals surface area contributed by atoms with E-state index in [-0.39, 0.29) is 17.8 Å². The van der Waals surface area contributed by atoms with Gasteiger partial charge in [0, 0.05) is 17.9 Å². The van der Waals surface area contributed by atoms with E-state index in [2.05, 4.69) is 6.07 Å². The van der Waals surface area contributed by atoms with Crippen LogP contribution in [-0.2, 0) is 11.2 Å². The molecule has 0 spiro atoms. The molecular weight excluding hydrogens is 260 g/mol. The molecule has 0 aliphatic heterocycles. The minimum atomic E-state index is -1.19. The Hall–Kier alpha value is -1.76. The highest BCUT2D eigenvalue weighted by atomic mass is 19.1. The first-order valence-corrected chi connectivity index (χ1v) is 6.71. The first-order valence-electron chi connectivity index (χ1n) is 6.71. The third-order valence-electron chi connectivity index (χ3n) is 4.18. The van der Waals surface area contributed by atoms with Crippen molar-refractivity contribution in [2.75, 3.05) is 0 Å². The molecule has 1 saturated carbocycles. The van der Waals surface area contributed by atoms with Crippen LogP contribution in [0.3, 0.4) is 0 Å². The molecule has 4 heteroatoms. The second-order valence-electron chi connectivity index (χ2n) is 6.17. The Morgan fingerprint density at radius 2 is 2.00 bits per heavy atom. The van der Waals surface area contributed by atoms with Crippen LogP contribution in [0.1, 0.15) is 38.7 Å². The molecule has 1 aliphatic rings. The van der Waals surface area contributed by atoms with Crippen molar-refractivity contribution < 1.29 is 13.6 Å². The summed E-state index contributed by atoms with van der Waals surface area (Å²) in [6.45, 7) is 3.64. The van der Waals surface area contributed by atoms with Crippen LogP contribution in [0.2, 0.25) is 0 Å². The summed E-state index contributed by atoms with van der Waals surface area (Å²) in [5.74, 6) is -1.49. The van der Waals surface area contributed by atoms with Crippen LogP contribution in [0.15, 0.2) is 18.2 Å². The second-order valence-corrected chi connectivity index (χ2v) is 6.17. The first-order chi connectivity index (χ1) is 9.31. The van der Waals surface area contributed by atoms with E-state index < -0.39 is 22.5 Å². The highest BCUT2D eigenvalue weighted by Gasteiger charge is 2.49. The Kier molecular flexibility index (Phi) is 3.64. The fourth-order valence-electron chi connectivity index (χ4n) is 3.01. The second kappa shape index (κ2) is 4.97. The number of hydrogen-bond donors (Lipinski definition) is 0. The van der Waals surface area contributed by atoms with Crippen LogP contribution in [0, 0.1) is 33.8 Å². The average Bonchev–Trinajstić information content (AvgIpc) is 2.38. The molecule has 0 N–H and O–H groups in total. The summed E-state index contributed by atoms with van der Waals surface area (Å²) < 4.78 is 26.7.